The van der Waals surface area contributed by atoms with Gasteiger partial charge in [-0.25, -0.2) is 4.39 Å². The Labute approximate surface area is 118 Å². The Hall–Kier alpha value is -2.12. The van der Waals surface area contributed by atoms with E-state index >= 15 is 0 Å². The molecular weight excluding hydrogens is 292 g/mol. The molecular formula is C13H14F4N2O2. The number of carbonyl (C=O) groups is 2. The molecule has 2 amide bonds. The van der Waals surface area contributed by atoms with Gasteiger partial charge in [0.1, 0.15) is 11.9 Å². The Bertz CT molecular complexity index is 556. The number of carbonyl (C=O) groups excluding carboxylic acids is 2. The molecule has 0 bridgehead atoms. The summed E-state index contributed by atoms with van der Waals surface area (Å²) >= 11 is 0. The van der Waals surface area contributed by atoms with Gasteiger partial charge >= 0.3 is 6.18 Å². The third-order valence-corrected chi connectivity index (χ3v) is 2.70. The predicted molar refractivity (Wildman–Crippen MR) is 67.0 cm³/mol. The lowest BCUT2D eigenvalue weighted by Gasteiger charge is -2.18. The summed E-state index contributed by atoms with van der Waals surface area (Å²) in [7, 11) is 2.91. The molecule has 1 aromatic rings. The minimum Gasteiger partial charge on any atom is -0.347 e. The Morgan fingerprint density at radius 1 is 1.24 bits per heavy atom. The molecule has 116 valence electrons. The molecule has 0 spiro atoms. The van der Waals surface area contributed by atoms with E-state index < -0.39 is 41.0 Å². The van der Waals surface area contributed by atoms with Crippen molar-refractivity contribution in [2.24, 2.45) is 0 Å². The van der Waals surface area contributed by atoms with Crippen LogP contribution in [0.2, 0.25) is 0 Å². The van der Waals surface area contributed by atoms with E-state index in [-0.39, 0.29) is 0 Å². The molecule has 1 rings (SSSR count). The summed E-state index contributed by atoms with van der Waals surface area (Å²) in [6.45, 7) is 1.35. The first-order chi connectivity index (χ1) is 9.54. The number of hydrogen-bond donors (Lipinski definition) is 1. The van der Waals surface area contributed by atoms with Crippen molar-refractivity contribution in [3.8, 4) is 0 Å². The number of hydrogen-bond acceptors (Lipinski definition) is 2. The van der Waals surface area contributed by atoms with Crippen molar-refractivity contribution in [3.63, 3.8) is 0 Å². The number of nitrogens with one attached hydrogen (secondary N) is 1. The fourth-order valence-electron chi connectivity index (χ4n) is 1.60. The van der Waals surface area contributed by atoms with Crippen molar-refractivity contribution in [2.75, 3.05) is 14.1 Å². The maximum Gasteiger partial charge on any atom is 0.416 e. The molecule has 0 aliphatic rings. The molecule has 0 saturated heterocycles. The fourth-order valence-corrected chi connectivity index (χ4v) is 1.60. The minimum atomic E-state index is -4.69. The first-order valence-electron chi connectivity index (χ1n) is 5.92. The maximum absolute atomic E-state index is 13.5. The molecule has 1 N–H and O–H groups in total. The van der Waals surface area contributed by atoms with E-state index in [0.29, 0.717) is 18.2 Å². The van der Waals surface area contributed by atoms with Crippen LogP contribution in [-0.2, 0) is 11.0 Å². The first-order valence-corrected chi connectivity index (χ1v) is 5.92. The zero-order valence-corrected chi connectivity index (χ0v) is 11.6. The highest BCUT2D eigenvalue weighted by molar-refractivity contribution is 5.97. The van der Waals surface area contributed by atoms with Gasteiger partial charge in [0, 0.05) is 14.1 Å². The third-order valence-electron chi connectivity index (χ3n) is 2.70. The van der Waals surface area contributed by atoms with E-state index in [1.165, 1.54) is 25.9 Å². The molecule has 0 radical (unpaired) electrons. The second-order valence-corrected chi connectivity index (χ2v) is 4.62. The smallest absolute Gasteiger partial charge is 0.347 e. The fraction of sp³-hybridized carbons (Fsp3) is 0.385. The van der Waals surface area contributed by atoms with Gasteiger partial charge in [-0.3, -0.25) is 9.59 Å². The van der Waals surface area contributed by atoms with Crippen LogP contribution in [0.5, 0.6) is 0 Å². The summed E-state index contributed by atoms with van der Waals surface area (Å²) in [6, 6.07) is 0.537. The van der Waals surface area contributed by atoms with Gasteiger partial charge < -0.3 is 10.2 Å². The van der Waals surface area contributed by atoms with Crippen molar-refractivity contribution >= 4 is 11.8 Å². The molecule has 0 aromatic heterocycles. The lowest BCUT2D eigenvalue weighted by atomic mass is 10.1. The molecule has 0 fully saturated rings. The number of amides is 2. The highest BCUT2D eigenvalue weighted by Gasteiger charge is 2.32. The zero-order chi connectivity index (χ0) is 16.4. The van der Waals surface area contributed by atoms with Gasteiger partial charge in [0.05, 0.1) is 11.1 Å². The summed E-state index contributed by atoms with van der Waals surface area (Å²) in [5, 5.41) is 2.16. The van der Waals surface area contributed by atoms with E-state index in [1.54, 1.807) is 0 Å². The van der Waals surface area contributed by atoms with E-state index in [2.05, 4.69) is 5.32 Å². The van der Waals surface area contributed by atoms with Crippen LogP contribution >= 0.6 is 0 Å². The number of benzene rings is 1. The van der Waals surface area contributed by atoms with Crippen molar-refractivity contribution < 1.29 is 27.2 Å². The van der Waals surface area contributed by atoms with Crippen LogP contribution in [-0.4, -0.2) is 36.9 Å². The molecule has 0 saturated carbocycles. The van der Waals surface area contributed by atoms with E-state index in [0.717, 1.165) is 0 Å². The van der Waals surface area contributed by atoms with Crippen LogP contribution in [0, 0.1) is 5.82 Å². The van der Waals surface area contributed by atoms with Crippen LogP contribution in [0.4, 0.5) is 17.6 Å². The quantitative estimate of drug-likeness (QED) is 0.869. The number of alkyl halides is 3. The average Bonchev–Trinajstić information content (AvgIpc) is 2.36. The number of nitrogens with zero attached hydrogens (tertiary/aromatic N) is 1. The van der Waals surface area contributed by atoms with Gasteiger partial charge in [-0.05, 0) is 25.1 Å². The zero-order valence-electron chi connectivity index (χ0n) is 11.6. The highest BCUT2D eigenvalue weighted by atomic mass is 19.4. The number of rotatable bonds is 3. The average molecular weight is 306 g/mol. The van der Waals surface area contributed by atoms with E-state index in [1.807, 2.05) is 0 Å². The molecule has 8 heteroatoms. The monoisotopic (exact) mass is 306 g/mol. The minimum absolute atomic E-state index is 0.414. The Morgan fingerprint density at radius 3 is 2.29 bits per heavy atom. The standard InChI is InChI=1S/C13H14F4N2O2/c1-7(12(21)19(2)3)18-11(20)9-6-8(13(15,16)17)4-5-10(9)14/h4-7H,1-3H3,(H,18,20). The lowest BCUT2D eigenvalue weighted by Crippen LogP contribution is -2.44. The van der Waals surface area contributed by atoms with Gasteiger partial charge in [0.15, 0.2) is 0 Å². The molecule has 0 aliphatic carbocycles. The van der Waals surface area contributed by atoms with Crippen molar-refractivity contribution in [1.82, 2.24) is 10.2 Å². The van der Waals surface area contributed by atoms with Gasteiger partial charge in [-0.1, -0.05) is 0 Å². The van der Waals surface area contributed by atoms with Gasteiger partial charge in [0.2, 0.25) is 5.91 Å². The topological polar surface area (TPSA) is 49.4 Å². The van der Waals surface area contributed by atoms with Crippen LogP contribution < -0.4 is 5.32 Å². The Balaban J connectivity index is 3.00. The number of likely N-dealkylation sites (N-methyl/N-ethyl adjacent to an activating group) is 1. The van der Waals surface area contributed by atoms with Gasteiger partial charge in [-0.15, -0.1) is 0 Å². The summed E-state index contributed by atoms with van der Waals surface area (Å²) in [6.07, 6.45) is -4.69. The Kier molecular flexibility index (Phi) is 4.93. The van der Waals surface area contributed by atoms with Crippen molar-refractivity contribution in [1.29, 1.82) is 0 Å². The maximum atomic E-state index is 13.5. The second kappa shape index (κ2) is 6.11. The third kappa shape index (κ3) is 4.17. The van der Waals surface area contributed by atoms with Crippen LogP contribution in [0.1, 0.15) is 22.8 Å². The van der Waals surface area contributed by atoms with E-state index in [9.17, 15) is 27.2 Å². The normalized spacial score (nSPS) is 12.7. The van der Waals surface area contributed by atoms with Gasteiger partial charge in [-0.2, -0.15) is 13.2 Å². The van der Waals surface area contributed by atoms with Crippen molar-refractivity contribution in [3.05, 3.63) is 35.1 Å². The molecule has 1 atom stereocenters. The molecule has 1 aromatic carbocycles. The summed E-state index contributed by atoms with van der Waals surface area (Å²) in [5.41, 5.74) is -1.90. The number of halogens is 4. The molecule has 1 unspecified atom stereocenters. The second-order valence-electron chi connectivity index (χ2n) is 4.62. The van der Waals surface area contributed by atoms with Crippen LogP contribution in [0.3, 0.4) is 0 Å². The van der Waals surface area contributed by atoms with E-state index in [4.69, 9.17) is 0 Å². The molecule has 0 aliphatic heterocycles. The first kappa shape index (κ1) is 16.9. The summed E-state index contributed by atoms with van der Waals surface area (Å²) < 4.78 is 51.1. The molecule has 21 heavy (non-hydrogen) atoms. The van der Waals surface area contributed by atoms with Crippen LogP contribution in [0.15, 0.2) is 18.2 Å². The van der Waals surface area contributed by atoms with Gasteiger partial charge in [0.25, 0.3) is 5.91 Å². The summed E-state index contributed by atoms with van der Waals surface area (Å²) in [5.74, 6) is -2.64. The largest absolute Gasteiger partial charge is 0.416 e. The predicted octanol–water partition coefficient (Wildman–Crippen LogP) is 2.05. The SMILES string of the molecule is CC(NC(=O)c1cc(C(F)(F)F)ccc1F)C(=O)N(C)C. The lowest BCUT2D eigenvalue weighted by molar-refractivity contribution is -0.137. The summed E-state index contributed by atoms with van der Waals surface area (Å²) in [4.78, 5) is 24.6. The van der Waals surface area contributed by atoms with Crippen molar-refractivity contribution in [2.45, 2.75) is 19.1 Å². The highest BCUT2D eigenvalue weighted by Crippen LogP contribution is 2.30. The van der Waals surface area contributed by atoms with Crippen LogP contribution in [0.25, 0.3) is 0 Å². The molecule has 0 heterocycles. The molecule has 4 nitrogen and oxygen atoms in total. The Morgan fingerprint density at radius 2 is 1.81 bits per heavy atom.